The second-order valence-corrected chi connectivity index (χ2v) is 4.55. The Labute approximate surface area is 82.9 Å². The number of hydrogen-bond donors (Lipinski definition) is 0. The van der Waals surface area contributed by atoms with E-state index in [9.17, 15) is 8.76 Å². The smallest absolute Gasteiger partial charge is 0.0215 e. The molecule has 1 saturated carbocycles. The van der Waals surface area contributed by atoms with E-state index in [1.807, 2.05) is 6.92 Å². The van der Waals surface area contributed by atoms with Gasteiger partial charge in [0, 0.05) is 23.9 Å². The first-order valence-electron chi connectivity index (χ1n) is 5.11. The third-order valence-corrected chi connectivity index (χ3v) is 3.48. The molecule has 0 heterocycles. The van der Waals surface area contributed by atoms with E-state index in [1.54, 1.807) is 4.31 Å². The van der Waals surface area contributed by atoms with Gasteiger partial charge in [0.05, 0.1) is 0 Å². The van der Waals surface area contributed by atoms with Gasteiger partial charge >= 0.3 is 0 Å². The standard InChI is InChI=1S/C9H19NO2S/c1-2-8-10(13(11)12)9-6-4-3-5-7-9/h9H,2-8H2,1H3,(H,11,12)/p-1. The summed E-state index contributed by atoms with van der Waals surface area (Å²) in [5.41, 5.74) is 0. The lowest BCUT2D eigenvalue weighted by molar-refractivity contribution is 0.247. The largest absolute Gasteiger partial charge is 0.760 e. The summed E-state index contributed by atoms with van der Waals surface area (Å²) in [7, 11) is 0. The summed E-state index contributed by atoms with van der Waals surface area (Å²) in [5.74, 6) is 0. The van der Waals surface area contributed by atoms with Crippen LogP contribution in [-0.4, -0.2) is 25.7 Å². The van der Waals surface area contributed by atoms with Gasteiger partial charge in [-0.25, -0.2) is 4.31 Å². The first kappa shape index (κ1) is 11.1. The van der Waals surface area contributed by atoms with Crippen molar-refractivity contribution in [1.82, 2.24) is 4.31 Å². The monoisotopic (exact) mass is 204 g/mol. The molecule has 4 heteroatoms. The lowest BCUT2D eigenvalue weighted by Gasteiger charge is -2.34. The van der Waals surface area contributed by atoms with E-state index in [1.165, 1.54) is 19.3 Å². The molecule has 0 N–H and O–H groups in total. The molecule has 0 aromatic heterocycles. The third-order valence-electron chi connectivity index (χ3n) is 2.62. The van der Waals surface area contributed by atoms with Crippen molar-refractivity contribution in [2.24, 2.45) is 0 Å². The minimum absolute atomic E-state index is 0.284. The molecule has 1 fully saturated rings. The summed E-state index contributed by atoms with van der Waals surface area (Å²) in [6, 6.07) is 0.284. The van der Waals surface area contributed by atoms with Gasteiger partial charge in [-0.2, -0.15) is 0 Å². The molecule has 0 saturated heterocycles. The van der Waals surface area contributed by atoms with E-state index < -0.39 is 11.3 Å². The summed E-state index contributed by atoms with van der Waals surface area (Å²) >= 11 is -2.02. The molecule has 0 spiro atoms. The highest BCUT2D eigenvalue weighted by molar-refractivity contribution is 7.76. The van der Waals surface area contributed by atoms with Crippen molar-refractivity contribution in [1.29, 1.82) is 0 Å². The van der Waals surface area contributed by atoms with Gasteiger partial charge in [-0.3, -0.25) is 4.21 Å². The molecule has 1 atom stereocenters. The highest BCUT2D eigenvalue weighted by Gasteiger charge is 2.20. The van der Waals surface area contributed by atoms with Crippen LogP contribution in [0.5, 0.6) is 0 Å². The van der Waals surface area contributed by atoms with Gasteiger partial charge in [0.25, 0.3) is 0 Å². The highest BCUT2D eigenvalue weighted by Crippen LogP contribution is 2.23. The van der Waals surface area contributed by atoms with Crippen molar-refractivity contribution in [3.63, 3.8) is 0 Å². The molecule has 0 bridgehead atoms. The predicted octanol–water partition coefficient (Wildman–Crippen LogP) is 1.83. The lowest BCUT2D eigenvalue weighted by atomic mass is 9.95. The van der Waals surface area contributed by atoms with E-state index >= 15 is 0 Å². The van der Waals surface area contributed by atoms with Crippen LogP contribution in [0.2, 0.25) is 0 Å². The minimum atomic E-state index is -2.02. The number of hydrogen-bond acceptors (Lipinski definition) is 2. The van der Waals surface area contributed by atoms with Crippen molar-refractivity contribution < 1.29 is 8.76 Å². The first-order valence-corrected chi connectivity index (χ1v) is 6.15. The molecule has 1 aliphatic rings. The Hall–Kier alpha value is 0.0700. The predicted molar refractivity (Wildman–Crippen MR) is 52.8 cm³/mol. The molecule has 0 aromatic carbocycles. The number of rotatable bonds is 4. The molecule has 0 aromatic rings. The fraction of sp³-hybridized carbons (Fsp3) is 1.00. The summed E-state index contributed by atoms with van der Waals surface area (Å²) in [6.45, 7) is 2.70. The van der Waals surface area contributed by atoms with Crippen LogP contribution in [0.4, 0.5) is 0 Å². The zero-order chi connectivity index (χ0) is 9.68. The fourth-order valence-corrected chi connectivity index (χ4v) is 2.75. The molecule has 0 amide bonds. The van der Waals surface area contributed by atoms with Crippen LogP contribution < -0.4 is 0 Å². The maximum Gasteiger partial charge on any atom is 0.0215 e. The van der Waals surface area contributed by atoms with Gasteiger partial charge in [0.2, 0.25) is 0 Å². The Kier molecular flexibility index (Phi) is 4.91. The molecule has 13 heavy (non-hydrogen) atoms. The van der Waals surface area contributed by atoms with Crippen LogP contribution in [-0.2, 0) is 11.3 Å². The summed E-state index contributed by atoms with van der Waals surface area (Å²) < 4.78 is 23.5. The molecule has 78 valence electrons. The quantitative estimate of drug-likeness (QED) is 0.656. The Morgan fingerprint density at radius 2 is 2.00 bits per heavy atom. The van der Waals surface area contributed by atoms with E-state index in [0.29, 0.717) is 6.54 Å². The first-order chi connectivity index (χ1) is 6.25. The van der Waals surface area contributed by atoms with E-state index in [-0.39, 0.29) is 6.04 Å². The fourth-order valence-electron chi connectivity index (χ4n) is 1.97. The van der Waals surface area contributed by atoms with E-state index in [2.05, 4.69) is 0 Å². The average molecular weight is 204 g/mol. The SMILES string of the molecule is CCCN(C1CCCCC1)S(=O)[O-]. The molecule has 0 radical (unpaired) electrons. The normalized spacial score (nSPS) is 22.1. The maximum absolute atomic E-state index is 10.9. The van der Waals surface area contributed by atoms with Gasteiger partial charge in [-0.1, -0.05) is 26.2 Å². The van der Waals surface area contributed by atoms with Gasteiger partial charge < -0.3 is 4.55 Å². The second kappa shape index (κ2) is 5.73. The van der Waals surface area contributed by atoms with Crippen LogP contribution in [0.1, 0.15) is 45.4 Å². The maximum atomic E-state index is 10.9. The van der Waals surface area contributed by atoms with E-state index in [0.717, 1.165) is 19.3 Å². The van der Waals surface area contributed by atoms with Crippen LogP contribution >= 0.6 is 0 Å². The van der Waals surface area contributed by atoms with Crippen LogP contribution in [0.25, 0.3) is 0 Å². The number of nitrogens with zero attached hydrogens (tertiary/aromatic N) is 1. The molecule has 0 aliphatic heterocycles. The molecule has 1 rings (SSSR count). The van der Waals surface area contributed by atoms with E-state index in [4.69, 9.17) is 0 Å². The average Bonchev–Trinajstić information content (AvgIpc) is 2.15. The molecule has 3 nitrogen and oxygen atoms in total. The van der Waals surface area contributed by atoms with Gasteiger partial charge in [0.15, 0.2) is 0 Å². The summed E-state index contributed by atoms with van der Waals surface area (Å²) in [5, 5.41) is 0. The minimum Gasteiger partial charge on any atom is -0.760 e. The summed E-state index contributed by atoms with van der Waals surface area (Å²) in [6.07, 6.45) is 6.64. The molecular formula is C9H18NO2S-. The van der Waals surface area contributed by atoms with Crippen molar-refractivity contribution in [3.8, 4) is 0 Å². The van der Waals surface area contributed by atoms with Crippen molar-refractivity contribution in [2.75, 3.05) is 6.54 Å². The van der Waals surface area contributed by atoms with Crippen molar-refractivity contribution in [2.45, 2.75) is 51.5 Å². The van der Waals surface area contributed by atoms with Gasteiger partial charge in [0.1, 0.15) is 0 Å². The third kappa shape index (κ3) is 3.37. The Morgan fingerprint density at radius 3 is 2.46 bits per heavy atom. The Balaban J connectivity index is 2.46. The second-order valence-electron chi connectivity index (χ2n) is 3.65. The Morgan fingerprint density at radius 1 is 1.38 bits per heavy atom. The van der Waals surface area contributed by atoms with Crippen molar-refractivity contribution >= 4 is 11.3 Å². The van der Waals surface area contributed by atoms with Crippen LogP contribution in [0.3, 0.4) is 0 Å². The van der Waals surface area contributed by atoms with Gasteiger partial charge in [-0.05, 0) is 19.3 Å². The topological polar surface area (TPSA) is 43.4 Å². The highest BCUT2D eigenvalue weighted by atomic mass is 32.2. The van der Waals surface area contributed by atoms with Gasteiger partial charge in [-0.15, -0.1) is 0 Å². The Bertz CT molecular complexity index is 169. The zero-order valence-electron chi connectivity index (χ0n) is 8.20. The van der Waals surface area contributed by atoms with Crippen LogP contribution in [0.15, 0.2) is 0 Å². The molecular weight excluding hydrogens is 186 g/mol. The molecule has 1 unspecified atom stereocenters. The summed E-state index contributed by atoms with van der Waals surface area (Å²) in [4.78, 5) is 0. The van der Waals surface area contributed by atoms with Crippen LogP contribution in [0, 0.1) is 0 Å². The lowest BCUT2D eigenvalue weighted by Crippen LogP contribution is -2.38. The van der Waals surface area contributed by atoms with Crippen molar-refractivity contribution in [3.05, 3.63) is 0 Å². The molecule has 1 aliphatic carbocycles. The zero-order valence-corrected chi connectivity index (χ0v) is 9.02.